The van der Waals surface area contributed by atoms with Crippen LogP contribution >= 0.6 is 0 Å². The lowest BCUT2D eigenvalue weighted by molar-refractivity contribution is 0.830. The van der Waals surface area contributed by atoms with Gasteiger partial charge in [0.25, 0.3) is 0 Å². The zero-order valence-electron chi connectivity index (χ0n) is 23.2. The number of nitrogens with zero attached hydrogens (tertiary/aromatic N) is 2. The van der Waals surface area contributed by atoms with Gasteiger partial charge in [-0.2, -0.15) is 0 Å². The molecule has 0 amide bonds. The minimum Gasteiger partial charge on any atom is -0.335 e. The predicted molar refractivity (Wildman–Crippen MR) is 173 cm³/mol. The number of anilines is 1. The van der Waals surface area contributed by atoms with Crippen LogP contribution in [0.4, 0.5) is 5.69 Å². The Hall–Kier alpha value is -4.82. The molecule has 1 atom stereocenters. The Labute approximate surface area is 237 Å². The third-order valence-electron chi connectivity index (χ3n) is 7.75. The van der Waals surface area contributed by atoms with Crippen molar-refractivity contribution < 1.29 is 0 Å². The molecule has 0 bridgehead atoms. The number of allylic oxidation sites excluding steroid dienone is 7. The molecule has 4 aromatic carbocycles. The summed E-state index contributed by atoms with van der Waals surface area (Å²) < 4.78 is 2.37. The summed E-state index contributed by atoms with van der Waals surface area (Å²) in [5.41, 5.74) is 9.50. The highest BCUT2D eigenvalue weighted by molar-refractivity contribution is 6.09. The number of para-hydroxylation sites is 3. The van der Waals surface area contributed by atoms with E-state index in [9.17, 15) is 0 Å². The molecule has 0 N–H and O–H groups in total. The summed E-state index contributed by atoms with van der Waals surface area (Å²) in [5.74, 6) is 0. The molecule has 2 nitrogen and oxygen atoms in total. The molecule has 0 spiro atoms. The highest BCUT2D eigenvalue weighted by Crippen LogP contribution is 2.34. The van der Waals surface area contributed by atoms with Gasteiger partial charge in [0.2, 0.25) is 0 Å². The first-order valence-corrected chi connectivity index (χ1v) is 14.0. The van der Waals surface area contributed by atoms with Gasteiger partial charge in [0.05, 0.1) is 11.0 Å². The summed E-state index contributed by atoms with van der Waals surface area (Å²) in [5, 5.41) is 2.54. The maximum Gasteiger partial charge on any atom is 0.0541 e. The van der Waals surface area contributed by atoms with Gasteiger partial charge >= 0.3 is 0 Å². The van der Waals surface area contributed by atoms with Gasteiger partial charge in [0, 0.05) is 33.9 Å². The van der Waals surface area contributed by atoms with Crippen molar-refractivity contribution in [3.8, 4) is 5.69 Å². The van der Waals surface area contributed by atoms with Gasteiger partial charge in [0.1, 0.15) is 0 Å². The molecule has 0 aliphatic carbocycles. The second kappa shape index (κ2) is 11.1. The van der Waals surface area contributed by atoms with E-state index in [1.165, 1.54) is 38.6 Å². The third kappa shape index (κ3) is 4.63. The van der Waals surface area contributed by atoms with Crippen molar-refractivity contribution in [3.63, 3.8) is 0 Å². The van der Waals surface area contributed by atoms with Gasteiger partial charge < -0.3 is 9.47 Å². The van der Waals surface area contributed by atoms with E-state index in [4.69, 9.17) is 0 Å². The maximum atomic E-state index is 4.25. The topological polar surface area (TPSA) is 8.17 Å². The van der Waals surface area contributed by atoms with Gasteiger partial charge in [-0.25, -0.2) is 0 Å². The van der Waals surface area contributed by atoms with Crippen molar-refractivity contribution in [2.24, 2.45) is 0 Å². The van der Waals surface area contributed by atoms with E-state index < -0.39 is 0 Å². The summed E-state index contributed by atoms with van der Waals surface area (Å²) in [6, 6.07) is 35.0. The van der Waals surface area contributed by atoms with Crippen molar-refractivity contribution in [2.75, 3.05) is 4.90 Å². The Bertz CT molecular complexity index is 1770. The summed E-state index contributed by atoms with van der Waals surface area (Å²) in [6.07, 6.45) is 16.1. The smallest absolute Gasteiger partial charge is 0.0541 e. The van der Waals surface area contributed by atoms with Gasteiger partial charge in [-0.1, -0.05) is 104 Å². The Balaban J connectivity index is 1.46. The van der Waals surface area contributed by atoms with Gasteiger partial charge in [-0.05, 0) is 79.5 Å². The lowest BCUT2D eigenvalue weighted by Crippen LogP contribution is -2.31. The average molecular weight is 519 g/mol. The zero-order valence-corrected chi connectivity index (χ0v) is 23.2. The van der Waals surface area contributed by atoms with E-state index in [1.54, 1.807) is 0 Å². The Morgan fingerprint density at radius 2 is 1.52 bits per heavy atom. The summed E-state index contributed by atoms with van der Waals surface area (Å²) in [4.78, 5) is 2.39. The average Bonchev–Trinajstić information content (AvgIpc) is 3.37. The first-order chi connectivity index (χ1) is 19.7. The van der Waals surface area contributed by atoms with Crippen LogP contribution in [-0.2, 0) is 6.42 Å². The van der Waals surface area contributed by atoms with Gasteiger partial charge in [0.15, 0.2) is 0 Å². The van der Waals surface area contributed by atoms with Crippen molar-refractivity contribution in [1.82, 2.24) is 4.57 Å². The normalized spacial score (nSPS) is 17.6. The lowest BCUT2D eigenvalue weighted by atomic mass is 10.0. The minimum atomic E-state index is 0.162. The first-order valence-electron chi connectivity index (χ1n) is 14.0. The van der Waals surface area contributed by atoms with Crippen LogP contribution in [0.25, 0.3) is 33.1 Å². The van der Waals surface area contributed by atoms with Crippen LogP contribution in [0, 0.1) is 0 Å². The fourth-order valence-corrected chi connectivity index (χ4v) is 5.84. The van der Waals surface area contributed by atoms with E-state index in [1.807, 2.05) is 6.08 Å². The van der Waals surface area contributed by atoms with Gasteiger partial charge in [-0.3, -0.25) is 0 Å². The molecule has 0 fully saturated rings. The molecule has 0 saturated carbocycles. The number of rotatable bonds is 5. The second-order valence-electron chi connectivity index (χ2n) is 10.2. The highest BCUT2D eigenvalue weighted by atomic mass is 15.2. The number of hydrogen-bond acceptors (Lipinski definition) is 1. The molecule has 1 aliphatic heterocycles. The zero-order chi connectivity index (χ0) is 27.5. The van der Waals surface area contributed by atoms with Crippen molar-refractivity contribution in [1.29, 1.82) is 0 Å². The largest absolute Gasteiger partial charge is 0.335 e. The monoisotopic (exact) mass is 518 g/mol. The fraction of sp³-hybridized carbons (Fsp3) is 0.105. The fourth-order valence-electron chi connectivity index (χ4n) is 5.84. The molecule has 40 heavy (non-hydrogen) atoms. The minimum absolute atomic E-state index is 0.162. The van der Waals surface area contributed by atoms with Crippen LogP contribution < -0.4 is 4.90 Å². The molecule has 2 heterocycles. The van der Waals surface area contributed by atoms with E-state index >= 15 is 0 Å². The number of hydrogen-bond donors (Lipinski definition) is 0. The molecular formula is C38H34N2. The van der Waals surface area contributed by atoms with E-state index in [-0.39, 0.29) is 6.04 Å². The van der Waals surface area contributed by atoms with Crippen LogP contribution in [0.2, 0.25) is 0 Å². The van der Waals surface area contributed by atoms with E-state index in [0.717, 1.165) is 23.4 Å². The second-order valence-corrected chi connectivity index (χ2v) is 10.2. The molecule has 196 valence electrons. The van der Waals surface area contributed by atoms with E-state index in [2.05, 4.69) is 163 Å². The SMILES string of the molecule is C=C/C(=C\C(=C/C)c1cccc(-n2c3ccccc3c3ccccc32)c1)N1c2ccccc2C/C=C\C=C/C1C. The maximum absolute atomic E-state index is 4.25. The molecule has 0 saturated heterocycles. The molecule has 1 unspecified atom stereocenters. The number of benzene rings is 4. The molecule has 1 aliphatic rings. The quantitative estimate of drug-likeness (QED) is 0.210. The predicted octanol–water partition coefficient (Wildman–Crippen LogP) is 9.82. The Morgan fingerprint density at radius 1 is 0.825 bits per heavy atom. The molecule has 1 aromatic heterocycles. The number of aromatic nitrogens is 1. The summed E-state index contributed by atoms with van der Waals surface area (Å²) >= 11 is 0. The highest BCUT2D eigenvalue weighted by Gasteiger charge is 2.19. The lowest BCUT2D eigenvalue weighted by Gasteiger charge is -2.32. The van der Waals surface area contributed by atoms with E-state index in [0.29, 0.717) is 0 Å². The van der Waals surface area contributed by atoms with Crippen molar-refractivity contribution in [2.45, 2.75) is 26.3 Å². The summed E-state index contributed by atoms with van der Waals surface area (Å²) in [6.45, 7) is 8.60. The standard InChI is InChI=1S/C38H34N2/c1-4-29(26-32(5-2)39-28(3)16-7-6-8-17-30-18-9-12-23-36(30)39)31-19-15-20-33(27-31)40-37-24-13-10-21-34(37)35-22-11-14-25-38(35)40/h4-16,18-28H,2,17H2,1,3H3/b8-6-,16-7-,29-4+,32-26+. The van der Waals surface area contributed by atoms with Crippen LogP contribution in [0.15, 0.2) is 152 Å². The molecule has 6 rings (SSSR count). The molecular weight excluding hydrogens is 484 g/mol. The third-order valence-corrected chi connectivity index (χ3v) is 7.75. The Morgan fingerprint density at radius 3 is 2.25 bits per heavy atom. The Kier molecular flexibility index (Phi) is 7.08. The molecule has 0 radical (unpaired) electrons. The van der Waals surface area contributed by atoms with Crippen LogP contribution in [0.5, 0.6) is 0 Å². The molecule has 5 aromatic rings. The van der Waals surface area contributed by atoms with Crippen LogP contribution in [0.3, 0.4) is 0 Å². The molecule has 2 heteroatoms. The van der Waals surface area contributed by atoms with Crippen LogP contribution in [0.1, 0.15) is 25.0 Å². The van der Waals surface area contributed by atoms with Gasteiger partial charge in [-0.15, -0.1) is 0 Å². The summed E-state index contributed by atoms with van der Waals surface area (Å²) in [7, 11) is 0. The van der Waals surface area contributed by atoms with Crippen molar-refractivity contribution >= 4 is 33.1 Å². The first kappa shape index (κ1) is 25.5. The number of fused-ring (bicyclic) bond motifs is 4. The van der Waals surface area contributed by atoms with Crippen molar-refractivity contribution in [3.05, 3.63) is 163 Å². The van der Waals surface area contributed by atoms with Crippen LogP contribution in [-0.4, -0.2) is 10.6 Å².